The van der Waals surface area contributed by atoms with Crippen LogP contribution in [0.25, 0.3) is 0 Å². The van der Waals surface area contributed by atoms with Gasteiger partial charge in [0.2, 0.25) is 0 Å². The molecule has 4 heteroatoms. The van der Waals surface area contributed by atoms with Crippen LogP contribution in [-0.2, 0) is 26.2 Å². The third-order valence-electron chi connectivity index (χ3n) is 1.59. The molecule has 0 saturated heterocycles. The number of aryl methyl sites for hydroxylation is 2. The first kappa shape index (κ1) is 18.1. The van der Waals surface area contributed by atoms with Crippen LogP contribution in [0, 0.1) is 20.8 Å². The van der Waals surface area contributed by atoms with Gasteiger partial charge in [-0.05, 0) is 0 Å². The van der Waals surface area contributed by atoms with Crippen molar-refractivity contribution < 1.29 is 26.2 Å². The summed E-state index contributed by atoms with van der Waals surface area (Å²) in [6.07, 6.45) is 0. The van der Waals surface area contributed by atoms with Crippen LogP contribution in [0.4, 0.5) is 0 Å². The van der Waals surface area contributed by atoms with Gasteiger partial charge in [-0.15, -0.1) is 30.1 Å². The molecule has 0 aliphatic heterocycles. The van der Waals surface area contributed by atoms with Gasteiger partial charge >= 0.3 is 0 Å². The third kappa shape index (κ3) is 4.73. The maximum atomic E-state index is 2.25. The van der Waals surface area contributed by atoms with E-state index < -0.39 is 0 Å². The Hall–Kier alpha value is 1.24. The topological polar surface area (TPSA) is 0 Å². The summed E-state index contributed by atoms with van der Waals surface area (Å²) < 4.78 is 0. The molecule has 0 atom stereocenters. The Labute approximate surface area is 102 Å². The van der Waals surface area contributed by atoms with Gasteiger partial charge in [0.15, 0.2) is 0 Å². The minimum Gasteiger partial charge on any atom is -0.223 e. The fourth-order valence-corrected chi connectivity index (χ4v) is 1.62. The summed E-state index contributed by atoms with van der Waals surface area (Å²) in [5.41, 5.74) is 2.93. The Morgan fingerprint density at radius 3 is 1.82 bits per heavy atom. The molecule has 0 aromatic carbocycles. The van der Waals surface area contributed by atoms with E-state index in [0.29, 0.717) is 0 Å². The summed E-state index contributed by atoms with van der Waals surface area (Å²) in [6, 6.07) is 0. The first-order valence-electron chi connectivity index (χ1n) is 2.77. The normalized spacial score (nSPS) is 7.91. The molecule has 0 aliphatic carbocycles. The van der Waals surface area contributed by atoms with Crippen LogP contribution < -0.4 is 0 Å². The monoisotopic (exact) mass is 287 g/mol. The van der Waals surface area contributed by atoms with Gasteiger partial charge in [0.25, 0.3) is 0 Å². The standard InChI is InChI=1S/C7H10P.2ClH.Zr/c1-5-4-8-7(3)6(5)2;;;/h4H,1-3H3;2*1H;/q-1;;;. The Kier molecular flexibility index (Phi) is 13.0. The number of rotatable bonds is 0. The maximum Gasteiger partial charge on any atom is 0 e. The summed E-state index contributed by atoms with van der Waals surface area (Å²) in [7, 11) is 1.40. The molecule has 1 rings (SSSR count). The second-order valence-corrected chi connectivity index (χ2v) is 3.34. The Balaban J connectivity index is -0.000000213. The second-order valence-electron chi connectivity index (χ2n) is 2.15. The molecule has 0 saturated carbocycles. The molecule has 64 valence electrons. The molecule has 1 aromatic heterocycles. The summed E-state index contributed by atoms with van der Waals surface area (Å²) in [5.74, 6) is 2.25. The van der Waals surface area contributed by atoms with Gasteiger partial charge in [-0.2, -0.15) is 16.9 Å². The van der Waals surface area contributed by atoms with Gasteiger partial charge in [-0.1, -0.05) is 20.8 Å². The molecule has 11 heavy (non-hydrogen) atoms. The predicted molar refractivity (Wildman–Crippen MR) is 53.3 cm³/mol. The van der Waals surface area contributed by atoms with Crippen LogP contribution in [0.1, 0.15) is 16.4 Å². The van der Waals surface area contributed by atoms with Crippen molar-refractivity contribution in [1.29, 1.82) is 0 Å². The van der Waals surface area contributed by atoms with E-state index in [0.717, 1.165) is 0 Å². The Morgan fingerprint density at radius 2 is 1.73 bits per heavy atom. The molecule has 0 amide bonds. The van der Waals surface area contributed by atoms with Crippen LogP contribution in [0.15, 0.2) is 5.80 Å². The van der Waals surface area contributed by atoms with Crippen molar-refractivity contribution in [3.05, 3.63) is 22.2 Å². The molecule has 0 bridgehead atoms. The Morgan fingerprint density at radius 1 is 1.27 bits per heavy atom. The zero-order valence-electron chi connectivity index (χ0n) is 6.84. The van der Waals surface area contributed by atoms with Gasteiger partial charge in [-0.3, -0.25) is 0 Å². The smallest absolute Gasteiger partial charge is 0 e. The number of halogens is 2. The average molecular weight is 289 g/mol. The van der Waals surface area contributed by atoms with E-state index in [1.54, 1.807) is 0 Å². The molecule has 0 nitrogen and oxygen atoms in total. The van der Waals surface area contributed by atoms with Crippen LogP contribution in [0.2, 0.25) is 0 Å². The summed E-state index contributed by atoms with van der Waals surface area (Å²) in [4.78, 5) is 0. The predicted octanol–water partition coefficient (Wildman–Crippen LogP) is 3.75. The zero-order chi connectivity index (χ0) is 6.15. The summed E-state index contributed by atoms with van der Waals surface area (Å²) in [5, 5.41) is 1.50. The van der Waals surface area contributed by atoms with E-state index in [-0.39, 0.29) is 51.0 Å². The molecule has 0 N–H and O–H groups in total. The largest absolute Gasteiger partial charge is 0.223 e. The molecule has 1 aromatic rings. The zero-order valence-corrected chi connectivity index (χ0v) is 11.8. The van der Waals surface area contributed by atoms with Gasteiger partial charge in [0.1, 0.15) is 0 Å². The van der Waals surface area contributed by atoms with Crippen LogP contribution >= 0.6 is 33.0 Å². The fourth-order valence-electron chi connectivity index (χ4n) is 0.673. The van der Waals surface area contributed by atoms with E-state index in [1.807, 2.05) is 0 Å². The van der Waals surface area contributed by atoms with Crippen molar-refractivity contribution in [1.82, 2.24) is 0 Å². The minimum absolute atomic E-state index is 0. The van der Waals surface area contributed by atoms with Crippen molar-refractivity contribution in [2.45, 2.75) is 20.8 Å². The van der Waals surface area contributed by atoms with Crippen molar-refractivity contribution in [3.8, 4) is 0 Å². The van der Waals surface area contributed by atoms with E-state index in [1.165, 1.54) is 24.6 Å². The van der Waals surface area contributed by atoms with E-state index in [9.17, 15) is 0 Å². The number of hydrogen-bond acceptors (Lipinski definition) is 0. The third-order valence-corrected chi connectivity index (χ3v) is 2.83. The molecule has 0 unspecified atom stereocenters. The van der Waals surface area contributed by atoms with Gasteiger partial charge in [0, 0.05) is 26.2 Å². The Bertz CT molecular complexity index is 179. The van der Waals surface area contributed by atoms with Crippen molar-refractivity contribution in [2.75, 3.05) is 0 Å². The van der Waals surface area contributed by atoms with Gasteiger partial charge in [-0.25, -0.2) is 8.19 Å². The molecule has 0 radical (unpaired) electrons. The van der Waals surface area contributed by atoms with Crippen molar-refractivity contribution in [2.24, 2.45) is 0 Å². The molecule has 0 fully saturated rings. The maximum absolute atomic E-state index is 2.25. The van der Waals surface area contributed by atoms with Crippen molar-refractivity contribution >= 4 is 33.0 Å². The van der Waals surface area contributed by atoms with Gasteiger partial charge < -0.3 is 0 Å². The van der Waals surface area contributed by atoms with E-state index in [4.69, 9.17) is 0 Å². The minimum atomic E-state index is 0. The molecular weight excluding hydrogens is 277 g/mol. The van der Waals surface area contributed by atoms with Gasteiger partial charge in [0.05, 0.1) is 0 Å². The molecular formula is C7H12Cl2PZr-. The fraction of sp³-hybridized carbons (Fsp3) is 0.429. The van der Waals surface area contributed by atoms with E-state index >= 15 is 0 Å². The first-order valence-corrected chi connectivity index (χ1v) is 3.73. The quantitative estimate of drug-likeness (QED) is 0.638. The first-order chi connectivity index (χ1) is 3.72. The number of hydrogen-bond donors (Lipinski definition) is 0. The van der Waals surface area contributed by atoms with Crippen LogP contribution in [-0.4, -0.2) is 0 Å². The van der Waals surface area contributed by atoms with Crippen LogP contribution in [0.3, 0.4) is 0 Å². The average Bonchev–Trinajstić information content (AvgIpc) is 1.98. The SMILES string of the molecule is Cc1cp[c-](C)c1C.Cl.Cl.[Zr]. The molecule has 0 aliphatic rings. The summed E-state index contributed by atoms with van der Waals surface area (Å²) in [6.45, 7) is 6.53. The van der Waals surface area contributed by atoms with Crippen molar-refractivity contribution in [3.63, 3.8) is 0 Å². The summed E-state index contributed by atoms with van der Waals surface area (Å²) >= 11 is 0. The molecule has 0 spiro atoms. The van der Waals surface area contributed by atoms with E-state index in [2.05, 4.69) is 26.6 Å². The molecule has 1 heterocycles. The van der Waals surface area contributed by atoms with Crippen LogP contribution in [0.5, 0.6) is 0 Å². The second kappa shape index (κ2) is 7.87.